The van der Waals surface area contributed by atoms with Crippen molar-refractivity contribution in [1.82, 2.24) is 4.90 Å². The maximum absolute atomic E-state index is 11.9. The van der Waals surface area contributed by atoms with Gasteiger partial charge in [-0.1, -0.05) is 17.7 Å². The summed E-state index contributed by atoms with van der Waals surface area (Å²) in [5, 5.41) is 11.0. The van der Waals surface area contributed by atoms with Gasteiger partial charge in [-0.25, -0.2) is 0 Å². The lowest BCUT2D eigenvalue weighted by atomic mass is 10.3. The summed E-state index contributed by atoms with van der Waals surface area (Å²) in [5.41, 5.74) is 0. The van der Waals surface area contributed by atoms with Gasteiger partial charge in [-0.3, -0.25) is 4.79 Å². The number of aliphatic hydroxyl groups excluding tert-OH is 1. The molecule has 0 aromatic carbocycles. The van der Waals surface area contributed by atoms with Gasteiger partial charge in [0.15, 0.2) is 0 Å². The second-order valence-electron chi connectivity index (χ2n) is 2.86. The van der Waals surface area contributed by atoms with Crippen LogP contribution in [0.2, 0.25) is 5.02 Å². The smallest absolute Gasteiger partial charge is 0.265 e. The highest BCUT2D eigenvalue weighted by molar-refractivity contribution is 7.12. The van der Waals surface area contributed by atoms with Gasteiger partial charge in [0.1, 0.15) is 4.88 Å². The third-order valence-electron chi connectivity index (χ3n) is 1.82. The van der Waals surface area contributed by atoms with E-state index in [0.717, 1.165) is 0 Å². The van der Waals surface area contributed by atoms with Crippen LogP contribution in [0, 0.1) is 0 Å². The van der Waals surface area contributed by atoms with Gasteiger partial charge >= 0.3 is 0 Å². The lowest BCUT2D eigenvalue weighted by Gasteiger charge is -2.19. The molecule has 0 spiro atoms. The number of nitrogens with zero attached hydrogens (tertiary/aromatic N) is 1. The highest BCUT2D eigenvalue weighted by atomic mass is 35.5. The van der Waals surface area contributed by atoms with E-state index in [9.17, 15) is 4.79 Å². The molecule has 0 saturated heterocycles. The van der Waals surface area contributed by atoms with Crippen molar-refractivity contribution >= 4 is 28.8 Å². The lowest BCUT2D eigenvalue weighted by molar-refractivity contribution is 0.0748. The largest absolute Gasteiger partial charge is 0.395 e. The van der Waals surface area contributed by atoms with Gasteiger partial charge in [0.2, 0.25) is 0 Å². The minimum Gasteiger partial charge on any atom is -0.395 e. The molecule has 0 aliphatic carbocycles. The molecule has 1 N–H and O–H groups in total. The van der Waals surface area contributed by atoms with Crippen LogP contribution in [0.25, 0.3) is 0 Å². The first-order chi connectivity index (χ1) is 7.20. The summed E-state index contributed by atoms with van der Waals surface area (Å²) in [7, 11) is 0. The van der Waals surface area contributed by atoms with E-state index in [0.29, 0.717) is 23.0 Å². The Hall–Kier alpha value is -0.840. The molecule has 1 amide bonds. The van der Waals surface area contributed by atoms with Crippen molar-refractivity contribution in [2.75, 3.05) is 19.7 Å². The van der Waals surface area contributed by atoms with Crippen LogP contribution < -0.4 is 0 Å². The van der Waals surface area contributed by atoms with Gasteiger partial charge in [0, 0.05) is 13.1 Å². The Bertz CT molecular complexity index is 351. The monoisotopic (exact) mass is 245 g/mol. The van der Waals surface area contributed by atoms with Crippen LogP contribution in [-0.2, 0) is 0 Å². The summed E-state index contributed by atoms with van der Waals surface area (Å²) < 4.78 is 0. The zero-order chi connectivity index (χ0) is 11.3. The van der Waals surface area contributed by atoms with Crippen molar-refractivity contribution in [3.05, 3.63) is 34.0 Å². The second-order valence-corrected chi connectivity index (χ2v) is 4.18. The number of carbonyl (C=O) groups is 1. The van der Waals surface area contributed by atoms with Crippen LogP contribution in [0.15, 0.2) is 24.1 Å². The Balaban J connectivity index is 2.80. The molecule has 0 bridgehead atoms. The summed E-state index contributed by atoms with van der Waals surface area (Å²) >= 11 is 7.15. The second kappa shape index (κ2) is 5.90. The molecule has 82 valence electrons. The standard InChI is InChI=1S/C10H12ClNO2S/c1-2-4-12(5-6-13)10(14)9-8(11)3-7-15-9/h2-3,7,13H,1,4-6H2. The van der Waals surface area contributed by atoms with E-state index in [2.05, 4.69) is 6.58 Å². The van der Waals surface area contributed by atoms with Crippen LogP contribution >= 0.6 is 22.9 Å². The minimum absolute atomic E-state index is 0.0669. The Labute approximate surface area is 97.6 Å². The van der Waals surface area contributed by atoms with Gasteiger partial charge in [-0.05, 0) is 11.4 Å². The van der Waals surface area contributed by atoms with Crippen molar-refractivity contribution in [1.29, 1.82) is 0 Å². The Morgan fingerprint density at radius 2 is 2.47 bits per heavy atom. The number of aliphatic hydroxyl groups is 1. The first-order valence-electron chi connectivity index (χ1n) is 4.44. The van der Waals surface area contributed by atoms with Gasteiger partial charge < -0.3 is 10.0 Å². The maximum Gasteiger partial charge on any atom is 0.265 e. The molecule has 0 radical (unpaired) electrons. The highest BCUT2D eigenvalue weighted by Crippen LogP contribution is 2.23. The zero-order valence-corrected chi connectivity index (χ0v) is 9.72. The van der Waals surface area contributed by atoms with E-state index in [4.69, 9.17) is 16.7 Å². The zero-order valence-electron chi connectivity index (χ0n) is 8.15. The van der Waals surface area contributed by atoms with Crippen molar-refractivity contribution in [2.45, 2.75) is 0 Å². The fourth-order valence-electron chi connectivity index (χ4n) is 1.14. The van der Waals surface area contributed by atoms with E-state index in [1.54, 1.807) is 17.5 Å². The van der Waals surface area contributed by atoms with E-state index in [-0.39, 0.29) is 12.5 Å². The summed E-state index contributed by atoms with van der Waals surface area (Å²) in [6.07, 6.45) is 1.62. The minimum atomic E-state index is -0.163. The van der Waals surface area contributed by atoms with Crippen LogP contribution in [0.1, 0.15) is 9.67 Å². The van der Waals surface area contributed by atoms with E-state index in [1.165, 1.54) is 16.2 Å². The average Bonchev–Trinajstić information content (AvgIpc) is 2.63. The predicted octanol–water partition coefficient (Wildman–Crippen LogP) is 2.02. The molecule has 1 heterocycles. The third-order valence-corrected chi connectivity index (χ3v) is 3.15. The number of rotatable bonds is 5. The topological polar surface area (TPSA) is 40.5 Å². The Morgan fingerprint density at radius 1 is 1.73 bits per heavy atom. The van der Waals surface area contributed by atoms with E-state index < -0.39 is 0 Å². The van der Waals surface area contributed by atoms with Crippen molar-refractivity contribution in [2.24, 2.45) is 0 Å². The molecule has 5 heteroatoms. The summed E-state index contributed by atoms with van der Waals surface area (Å²) in [5.74, 6) is -0.163. The summed E-state index contributed by atoms with van der Waals surface area (Å²) in [4.78, 5) is 13.9. The molecule has 1 rings (SSSR count). The number of carbonyl (C=O) groups excluding carboxylic acids is 1. The molecule has 0 aliphatic heterocycles. The highest BCUT2D eigenvalue weighted by Gasteiger charge is 2.17. The third kappa shape index (κ3) is 3.06. The van der Waals surface area contributed by atoms with Crippen molar-refractivity contribution in [3.8, 4) is 0 Å². The van der Waals surface area contributed by atoms with Crippen LogP contribution in [-0.4, -0.2) is 35.6 Å². The average molecular weight is 246 g/mol. The molecule has 0 unspecified atom stereocenters. The van der Waals surface area contributed by atoms with Crippen LogP contribution in [0.5, 0.6) is 0 Å². The van der Waals surface area contributed by atoms with Gasteiger partial charge in [-0.15, -0.1) is 17.9 Å². The molecule has 1 aromatic rings. The fourth-order valence-corrected chi connectivity index (χ4v) is 2.25. The molecular formula is C10H12ClNO2S. The summed E-state index contributed by atoms with van der Waals surface area (Å²) in [6.45, 7) is 4.20. The number of amides is 1. The van der Waals surface area contributed by atoms with Gasteiger partial charge in [0.05, 0.1) is 11.6 Å². The van der Waals surface area contributed by atoms with E-state index in [1.807, 2.05) is 0 Å². The SMILES string of the molecule is C=CCN(CCO)C(=O)c1sccc1Cl. The molecule has 0 saturated carbocycles. The molecule has 0 aliphatic rings. The number of halogens is 1. The Morgan fingerprint density at radius 3 is 2.93 bits per heavy atom. The molecule has 3 nitrogen and oxygen atoms in total. The van der Waals surface area contributed by atoms with Crippen molar-refractivity contribution < 1.29 is 9.90 Å². The molecule has 0 fully saturated rings. The van der Waals surface area contributed by atoms with Crippen LogP contribution in [0.4, 0.5) is 0 Å². The maximum atomic E-state index is 11.9. The van der Waals surface area contributed by atoms with Crippen LogP contribution in [0.3, 0.4) is 0 Å². The molecule has 0 atom stereocenters. The molecule has 1 aromatic heterocycles. The fraction of sp³-hybridized carbons (Fsp3) is 0.300. The molecule has 15 heavy (non-hydrogen) atoms. The van der Waals surface area contributed by atoms with Crippen molar-refractivity contribution in [3.63, 3.8) is 0 Å². The Kier molecular flexibility index (Phi) is 4.81. The number of hydrogen-bond acceptors (Lipinski definition) is 3. The lowest BCUT2D eigenvalue weighted by Crippen LogP contribution is -2.33. The number of hydrogen-bond donors (Lipinski definition) is 1. The first kappa shape index (κ1) is 12.2. The van der Waals surface area contributed by atoms with E-state index >= 15 is 0 Å². The molecular weight excluding hydrogens is 234 g/mol. The number of thiophene rings is 1. The quantitative estimate of drug-likeness (QED) is 0.807. The predicted molar refractivity (Wildman–Crippen MR) is 62.5 cm³/mol. The normalized spacial score (nSPS) is 10.0. The first-order valence-corrected chi connectivity index (χ1v) is 5.70. The summed E-state index contributed by atoms with van der Waals surface area (Å²) in [6, 6.07) is 1.69. The van der Waals surface area contributed by atoms with Gasteiger partial charge in [-0.2, -0.15) is 0 Å². The van der Waals surface area contributed by atoms with Gasteiger partial charge in [0.25, 0.3) is 5.91 Å².